The highest BCUT2D eigenvalue weighted by atomic mass is 32.2. The Hall–Kier alpha value is -4.16. The van der Waals surface area contributed by atoms with Crippen molar-refractivity contribution >= 4 is 40.8 Å². The molecule has 3 aromatic heterocycles. The van der Waals surface area contributed by atoms with Gasteiger partial charge in [-0.1, -0.05) is 17.5 Å². The fourth-order valence-electron chi connectivity index (χ4n) is 9.23. The van der Waals surface area contributed by atoms with Gasteiger partial charge in [-0.25, -0.2) is 24.2 Å². The van der Waals surface area contributed by atoms with E-state index in [1.54, 1.807) is 32.6 Å². The monoisotopic (exact) mass is 817 g/mol. The number of hydrogen-bond acceptors (Lipinski definition) is 13. The number of ketones is 1. The van der Waals surface area contributed by atoms with Crippen molar-refractivity contribution < 1.29 is 33.1 Å². The van der Waals surface area contributed by atoms with E-state index >= 15 is 0 Å². The summed E-state index contributed by atoms with van der Waals surface area (Å²) in [6, 6.07) is -0.366. The van der Waals surface area contributed by atoms with Crippen LogP contribution in [0, 0.1) is 11.8 Å². The molecule has 2 aliphatic carbocycles. The Morgan fingerprint density at radius 1 is 0.983 bits per heavy atom. The van der Waals surface area contributed by atoms with Gasteiger partial charge in [0.1, 0.15) is 33.3 Å². The Labute approximate surface area is 345 Å². The zero-order chi connectivity index (χ0) is 41.8. The number of nitrogens with zero attached hydrogens (tertiary/aromatic N) is 7. The van der Waals surface area contributed by atoms with E-state index in [9.17, 15) is 14.4 Å². The molecule has 3 fully saturated rings. The molecule has 14 nitrogen and oxygen atoms in total. The van der Waals surface area contributed by atoms with E-state index in [0.29, 0.717) is 52.9 Å². The summed E-state index contributed by atoms with van der Waals surface area (Å²) < 4.78 is 25.2. The van der Waals surface area contributed by atoms with E-state index in [1.165, 1.54) is 11.8 Å². The van der Waals surface area contributed by atoms with Crippen LogP contribution in [0.25, 0.3) is 22.6 Å². The first-order valence-corrected chi connectivity index (χ1v) is 22.0. The van der Waals surface area contributed by atoms with Crippen LogP contribution in [0.1, 0.15) is 143 Å². The molecule has 5 heterocycles. The molecule has 4 aliphatic rings. The zero-order valence-electron chi connectivity index (χ0n) is 35.8. The van der Waals surface area contributed by atoms with Gasteiger partial charge >= 0.3 is 12.2 Å². The minimum atomic E-state index is -1.02. The second-order valence-corrected chi connectivity index (χ2v) is 19.6. The summed E-state index contributed by atoms with van der Waals surface area (Å²) in [4.78, 5) is 54.2. The van der Waals surface area contributed by atoms with Crippen molar-refractivity contribution in [1.82, 2.24) is 34.7 Å². The van der Waals surface area contributed by atoms with E-state index in [-0.39, 0.29) is 24.4 Å². The average molecular weight is 818 g/mol. The van der Waals surface area contributed by atoms with Crippen molar-refractivity contribution in [2.75, 3.05) is 26.4 Å². The van der Waals surface area contributed by atoms with Gasteiger partial charge in [0.15, 0.2) is 22.9 Å². The van der Waals surface area contributed by atoms with Crippen molar-refractivity contribution in [1.29, 1.82) is 0 Å². The van der Waals surface area contributed by atoms with E-state index in [1.807, 2.05) is 31.7 Å². The van der Waals surface area contributed by atoms with E-state index in [4.69, 9.17) is 33.8 Å². The van der Waals surface area contributed by atoms with Gasteiger partial charge in [0.05, 0.1) is 29.4 Å². The smallest absolute Gasteiger partial charge is 0.444 e. The van der Waals surface area contributed by atoms with Crippen molar-refractivity contribution in [2.45, 2.75) is 171 Å². The van der Waals surface area contributed by atoms with Gasteiger partial charge in [0.2, 0.25) is 0 Å². The predicted molar refractivity (Wildman–Crippen MR) is 220 cm³/mol. The number of piperidine rings is 1. The minimum Gasteiger partial charge on any atom is -0.444 e. The molecule has 0 N–H and O–H groups in total. The Bertz CT molecular complexity index is 2140. The lowest BCUT2D eigenvalue weighted by Crippen LogP contribution is -2.56. The molecule has 0 radical (unpaired) electrons. The molecular weight excluding hydrogens is 759 g/mol. The molecule has 2 saturated heterocycles. The number of fused-ring (bicyclic) bond motifs is 3. The van der Waals surface area contributed by atoms with Gasteiger partial charge in [-0.05, 0) is 139 Å². The molecule has 314 valence electrons. The first kappa shape index (κ1) is 42.0. The number of likely N-dealkylation sites (tertiary alicyclic amines) is 2. The number of likely N-dealkylation sites (N-methyl/N-ethyl adjacent to an activating group) is 1. The lowest BCUT2D eigenvalue weighted by atomic mass is 9.64. The topological polar surface area (TPSA) is 155 Å². The van der Waals surface area contributed by atoms with Crippen LogP contribution in [0.4, 0.5) is 9.59 Å². The van der Waals surface area contributed by atoms with Gasteiger partial charge in [0.25, 0.3) is 0 Å². The SMILES string of the molecule is CSc1nc(-c2noc3c2CCC[C@@]32CCCCC2=O)nc2c1c(C#C[C@H]1CC[C@@](C)(OC(=O)OC(C)(C)C)CN1C(=O)OC(C)(C)C)nn2[C@@H](C)[C@@H]1CCCN1C. The molecule has 58 heavy (non-hydrogen) atoms. The van der Waals surface area contributed by atoms with Gasteiger partial charge in [-0.15, -0.1) is 11.8 Å². The standard InChI is InChI=1S/C43H59N7O7S/c1-26(30-16-14-24-48(30)9)50-36-32(37(58-10)45-35(44-36)33-28-15-13-22-43(34(28)57-47-33)21-12-11-17-31(43)51)29(46-50)19-18-27-20-23-42(8,56-39(53)55-41(5,6)7)25-49(27)38(52)54-40(2,3)4/h26-27,30H,11-17,20-25H2,1-10H3/t26-,27-,30-,42+,43+/m0/s1. The fraction of sp³-hybridized carbons (Fsp3) is 0.698. The van der Waals surface area contributed by atoms with Crippen LogP contribution in [0.2, 0.25) is 0 Å². The van der Waals surface area contributed by atoms with Crippen LogP contribution >= 0.6 is 11.8 Å². The third-order valence-corrected chi connectivity index (χ3v) is 12.7. The molecule has 0 aromatic carbocycles. The average Bonchev–Trinajstić information content (AvgIpc) is 3.87. The number of carbonyl (C=O) groups is 3. The number of hydrogen-bond donors (Lipinski definition) is 0. The number of aromatic nitrogens is 5. The number of rotatable bonds is 5. The van der Waals surface area contributed by atoms with Crippen LogP contribution in [0.5, 0.6) is 0 Å². The maximum atomic E-state index is 13.8. The van der Waals surface area contributed by atoms with Crippen LogP contribution in [-0.4, -0.2) is 108 Å². The van der Waals surface area contributed by atoms with Crippen molar-refractivity contribution in [3.63, 3.8) is 0 Å². The van der Waals surface area contributed by atoms with Gasteiger partial charge in [-0.3, -0.25) is 9.69 Å². The quantitative estimate of drug-likeness (QED) is 0.106. The summed E-state index contributed by atoms with van der Waals surface area (Å²) in [5.74, 6) is 8.13. The zero-order valence-corrected chi connectivity index (χ0v) is 36.6. The molecule has 0 unspecified atom stereocenters. The van der Waals surface area contributed by atoms with Crippen LogP contribution in [0.3, 0.4) is 0 Å². The largest absolute Gasteiger partial charge is 0.509 e. The summed E-state index contributed by atoms with van der Waals surface area (Å²) in [7, 11) is 2.15. The summed E-state index contributed by atoms with van der Waals surface area (Å²) >= 11 is 1.48. The molecule has 1 spiro atoms. The maximum Gasteiger partial charge on any atom is 0.509 e. The van der Waals surface area contributed by atoms with Crippen molar-refractivity contribution in [3.8, 4) is 23.4 Å². The third kappa shape index (κ3) is 8.33. The molecule has 3 aromatic rings. The number of amides is 1. The number of ether oxygens (including phenoxy) is 3. The van der Waals surface area contributed by atoms with E-state index in [2.05, 4.69) is 35.9 Å². The summed E-state index contributed by atoms with van der Waals surface area (Å²) in [5, 5.41) is 11.2. The van der Waals surface area contributed by atoms with E-state index < -0.39 is 40.5 Å². The van der Waals surface area contributed by atoms with Crippen molar-refractivity contribution in [3.05, 3.63) is 17.0 Å². The fourth-order valence-corrected chi connectivity index (χ4v) is 9.80. The van der Waals surface area contributed by atoms with Gasteiger partial charge in [0, 0.05) is 18.0 Å². The van der Waals surface area contributed by atoms with Gasteiger partial charge in [-0.2, -0.15) is 5.10 Å². The lowest BCUT2D eigenvalue weighted by Gasteiger charge is -2.43. The molecule has 0 bridgehead atoms. The number of thioether (sulfide) groups is 1. The number of Topliss-reactive ketones (excluding diaryl/α,β-unsaturated/α-hetero) is 1. The second-order valence-electron chi connectivity index (χ2n) is 18.8. The molecular formula is C43H59N7O7S. The molecule has 1 amide bonds. The van der Waals surface area contributed by atoms with Crippen LogP contribution < -0.4 is 0 Å². The number of carbonyl (C=O) groups excluding carboxylic acids is 3. The molecule has 2 aliphatic heterocycles. The predicted octanol–water partition coefficient (Wildman–Crippen LogP) is 8.04. The summed E-state index contributed by atoms with van der Waals surface area (Å²) in [6.07, 6.45) is 9.29. The first-order valence-electron chi connectivity index (χ1n) is 20.8. The van der Waals surface area contributed by atoms with Crippen LogP contribution in [-0.2, 0) is 30.8 Å². The highest BCUT2D eigenvalue weighted by Gasteiger charge is 2.49. The molecule has 15 heteroatoms. The Kier molecular flexibility index (Phi) is 11.4. The molecule has 1 saturated carbocycles. The van der Waals surface area contributed by atoms with Crippen LogP contribution in [0.15, 0.2) is 9.55 Å². The van der Waals surface area contributed by atoms with E-state index in [0.717, 1.165) is 68.9 Å². The second kappa shape index (κ2) is 15.8. The minimum absolute atomic E-state index is 0.0454. The molecule has 7 rings (SSSR count). The van der Waals surface area contributed by atoms with Crippen molar-refractivity contribution in [2.24, 2.45) is 0 Å². The molecule has 5 atom stereocenters. The Morgan fingerprint density at radius 2 is 1.72 bits per heavy atom. The summed E-state index contributed by atoms with van der Waals surface area (Å²) in [6.45, 7) is 15.8. The lowest BCUT2D eigenvalue weighted by molar-refractivity contribution is -0.128. The maximum absolute atomic E-state index is 13.8. The Balaban J connectivity index is 1.30. The highest BCUT2D eigenvalue weighted by molar-refractivity contribution is 7.98. The van der Waals surface area contributed by atoms with Gasteiger partial charge < -0.3 is 23.6 Å². The third-order valence-electron chi connectivity index (χ3n) is 12.0. The highest BCUT2D eigenvalue weighted by Crippen LogP contribution is 2.48. The Morgan fingerprint density at radius 3 is 2.40 bits per heavy atom. The normalized spacial score (nSPS) is 26.0. The summed E-state index contributed by atoms with van der Waals surface area (Å²) in [5.41, 5.74) is -0.443. The first-order chi connectivity index (χ1) is 27.3.